The van der Waals surface area contributed by atoms with E-state index in [0.717, 1.165) is 4.90 Å². The number of ether oxygens (including phenoxy) is 3. The molecular formula is C16H15F6N3O3. The maximum atomic E-state index is 13.6. The van der Waals surface area contributed by atoms with Crippen molar-refractivity contribution >= 4 is 11.9 Å². The van der Waals surface area contributed by atoms with Crippen molar-refractivity contribution in [3.8, 4) is 5.75 Å². The molecule has 1 saturated heterocycles. The molecule has 0 radical (unpaired) electrons. The van der Waals surface area contributed by atoms with Crippen molar-refractivity contribution in [1.29, 1.82) is 0 Å². The Labute approximate surface area is 155 Å². The van der Waals surface area contributed by atoms with Gasteiger partial charge in [-0.3, -0.25) is 0 Å². The van der Waals surface area contributed by atoms with Gasteiger partial charge in [-0.2, -0.15) is 31.3 Å². The molecule has 6 nitrogen and oxygen atoms in total. The van der Waals surface area contributed by atoms with Crippen LogP contribution < -0.4 is 4.74 Å². The molecule has 0 amide bonds. The number of alkyl halides is 6. The number of morpholine rings is 1. The molecule has 0 aromatic heterocycles. The lowest BCUT2D eigenvalue weighted by atomic mass is 10.1. The first-order valence-electron chi connectivity index (χ1n) is 8.05. The van der Waals surface area contributed by atoms with Gasteiger partial charge in [0.25, 0.3) is 6.02 Å². The molecule has 0 atom stereocenters. The Morgan fingerprint density at radius 3 is 2.04 bits per heavy atom. The average Bonchev–Trinajstić information content (AvgIpc) is 2.66. The fraction of sp³-hybridized carbons (Fsp3) is 0.500. The third-order valence-electron chi connectivity index (χ3n) is 4.12. The van der Waals surface area contributed by atoms with Crippen LogP contribution in [0.4, 0.5) is 26.3 Å². The maximum Gasteiger partial charge on any atom is 0.443 e. The molecule has 2 aliphatic heterocycles. The number of aliphatic imine (C=N–C) groups is 2. The molecule has 154 valence electrons. The molecule has 1 aromatic carbocycles. The molecule has 3 rings (SSSR count). The van der Waals surface area contributed by atoms with Crippen LogP contribution in [0.5, 0.6) is 5.75 Å². The summed E-state index contributed by atoms with van der Waals surface area (Å²) in [5.74, 6) is -0.478. The Kier molecular flexibility index (Phi) is 5.17. The summed E-state index contributed by atoms with van der Waals surface area (Å²) in [5, 5.41) is 0. The van der Waals surface area contributed by atoms with Gasteiger partial charge < -0.3 is 19.1 Å². The van der Waals surface area contributed by atoms with Gasteiger partial charge >= 0.3 is 18.0 Å². The Bertz CT molecular complexity index is 753. The van der Waals surface area contributed by atoms with Crippen molar-refractivity contribution in [2.24, 2.45) is 9.98 Å². The van der Waals surface area contributed by atoms with E-state index in [2.05, 4.69) is 9.98 Å². The smallest absolute Gasteiger partial charge is 0.443 e. The van der Waals surface area contributed by atoms with Gasteiger partial charge in [0.1, 0.15) is 5.75 Å². The molecule has 0 spiro atoms. The summed E-state index contributed by atoms with van der Waals surface area (Å²) in [5.41, 5.74) is -4.75. The predicted molar refractivity (Wildman–Crippen MR) is 85.3 cm³/mol. The molecule has 0 aliphatic carbocycles. The van der Waals surface area contributed by atoms with Crippen LogP contribution >= 0.6 is 0 Å². The van der Waals surface area contributed by atoms with Crippen molar-refractivity contribution in [3.05, 3.63) is 29.8 Å². The van der Waals surface area contributed by atoms with Crippen LogP contribution in [0.15, 0.2) is 34.3 Å². The fourth-order valence-electron chi connectivity index (χ4n) is 2.60. The zero-order valence-electron chi connectivity index (χ0n) is 14.5. The van der Waals surface area contributed by atoms with Crippen LogP contribution in [0, 0.1) is 0 Å². The SMILES string of the molecule is COc1ccc(C2=NC(C(F)(F)F)(C(F)(F)F)N=C(N3CCOCC3)O2)cc1. The fourth-order valence-corrected chi connectivity index (χ4v) is 2.60. The third-order valence-corrected chi connectivity index (χ3v) is 4.12. The quantitative estimate of drug-likeness (QED) is 0.703. The molecular weight excluding hydrogens is 396 g/mol. The third kappa shape index (κ3) is 3.60. The normalized spacial score (nSPS) is 20.2. The molecule has 0 N–H and O–H groups in total. The van der Waals surface area contributed by atoms with Gasteiger partial charge in [-0.05, 0) is 24.3 Å². The van der Waals surface area contributed by atoms with Crippen LogP contribution in [0.25, 0.3) is 0 Å². The van der Waals surface area contributed by atoms with Gasteiger partial charge in [-0.1, -0.05) is 0 Å². The summed E-state index contributed by atoms with van der Waals surface area (Å²) in [6.07, 6.45) is -11.7. The summed E-state index contributed by atoms with van der Waals surface area (Å²) < 4.78 is 96.8. The van der Waals surface area contributed by atoms with Gasteiger partial charge in [0.2, 0.25) is 5.90 Å². The topological polar surface area (TPSA) is 55.7 Å². The summed E-state index contributed by atoms with van der Waals surface area (Å²) in [6, 6.07) is 4.42. The van der Waals surface area contributed by atoms with E-state index in [-0.39, 0.29) is 31.9 Å². The maximum absolute atomic E-state index is 13.6. The summed E-state index contributed by atoms with van der Waals surface area (Å²) in [7, 11) is 1.37. The van der Waals surface area contributed by atoms with Gasteiger partial charge in [0, 0.05) is 18.7 Å². The van der Waals surface area contributed by atoms with E-state index in [1.165, 1.54) is 31.4 Å². The Balaban J connectivity index is 2.12. The van der Waals surface area contributed by atoms with Crippen molar-refractivity contribution < 1.29 is 40.6 Å². The zero-order valence-corrected chi connectivity index (χ0v) is 14.5. The van der Waals surface area contributed by atoms with Gasteiger partial charge in [0.05, 0.1) is 20.3 Å². The number of rotatable bonds is 2. The van der Waals surface area contributed by atoms with Gasteiger partial charge in [0.15, 0.2) is 0 Å². The molecule has 1 fully saturated rings. The average molecular weight is 411 g/mol. The van der Waals surface area contributed by atoms with Crippen molar-refractivity contribution in [1.82, 2.24) is 4.90 Å². The summed E-state index contributed by atoms with van der Waals surface area (Å²) in [6.45, 7) is 0.284. The highest BCUT2D eigenvalue weighted by atomic mass is 19.4. The van der Waals surface area contributed by atoms with Crippen LogP contribution in [0.3, 0.4) is 0 Å². The first kappa shape index (κ1) is 20.2. The Morgan fingerprint density at radius 1 is 0.964 bits per heavy atom. The first-order valence-corrected chi connectivity index (χ1v) is 8.05. The second-order valence-corrected chi connectivity index (χ2v) is 5.91. The number of hydrogen-bond acceptors (Lipinski definition) is 6. The minimum Gasteiger partial charge on any atom is -0.497 e. The lowest BCUT2D eigenvalue weighted by Crippen LogP contribution is -2.58. The molecule has 0 unspecified atom stereocenters. The van der Waals surface area contributed by atoms with E-state index in [4.69, 9.17) is 14.2 Å². The predicted octanol–water partition coefficient (Wildman–Crippen LogP) is 2.98. The second-order valence-electron chi connectivity index (χ2n) is 5.91. The van der Waals surface area contributed by atoms with E-state index in [1.807, 2.05) is 0 Å². The lowest BCUT2D eigenvalue weighted by molar-refractivity contribution is -0.293. The minimum absolute atomic E-state index is 0.0283. The highest BCUT2D eigenvalue weighted by molar-refractivity contribution is 6.03. The standard InChI is InChI=1S/C16H15F6N3O3/c1-26-11-4-2-10(3-5-11)12-23-14(15(17,18)19,16(20,21)22)24-13(28-12)25-6-8-27-9-7-25/h2-5H,6-9H2,1H3. The van der Waals surface area contributed by atoms with Crippen molar-refractivity contribution in [2.75, 3.05) is 33.4 Å². The van der Waals surface area contributed by atoms with E-state index in [1.54, 1.807) is 0 Å². The van der Waals surface area contributed by atoms with E-state index < -0.39 is 29.9 Å². The highest BCUT2D eigenvalue weighted by Crippen LogP contribution is 2.48. The second kappa shape index (κ2) is 7.15. The van der Waals surface area contributed by atoms with Crippen LogP contribution in [0.1, 0.15) is 5.56 Å². The van der Waals surface area contributed by atoms with Gasteiger partial charge in [-0.25, -0.2) is 4.99 Å². The van der Waals surface area contributed by atoms with E-state index in [0.29, 0.717) is 5.75 Å². The van der Waals surface area contributed by atoms with Crippen LogP contribution in [-0.2, 0) is 9.47 Å². The minimum atomic E-state index is -5.83. The van der Waals surface area contributed by atoms with Crippen molar-refractivity contribution in [2.45, 2.75) is 18.0 Å². The largest absolute Gasteiger partial charge is 0.497 e. The molecule has 12 heteroatoms. The van der Waals surface area contributed by atoms with Crippen LogP contribution in [0.2, 0.25) is 0 Å². The van der Waals surface area contributed by atoms with E-state index in [9.17, 15) is 26.3 Å². The molecule has 0 bridgehead atoms. The molecule has 0 saturated carbocycles. The Morgan fingerprint density at radius 2 is 1.54 bits per heavy atom. The monoisotopic (exact) mass is 411 g/mol. The number of nitrogens with zero attached hydrogens (tertiary/aromatic N) is 3. The summed E-state index contributed by atoms with van der Waals surface area (Å²) in [4.78, 5) is 6.94. The molecule has 2 aliphatic rings. The highest BCUT2D eigenvalue weighted by Gasteiger charge is 2.74. The summed E-state index contributed by atoms with van der Waals surface area (Å²) >= 11 is 0. The van der Waals surface area contributed by atoms with Gasteiger partial charge in [-0.15, -0.1) is 0 Å². The number of amidine groups is 1. The molecule has 2 heterocycles. The number of benzene rings is 1. The van der Waals surface area contributed by atoms with Crippen LogP contribution in [-0.4, -0.2) is 68.2 Å². The Hall–Kier alpha value is -2.50. The van der Waals surface area contributed by atoms with E-state index >= 15 is 0 Å². The number of hydrogen-bond donors (Lipinski definition) is 0. The molecule has 1 aromatic rings. The van der Waals surface area contributed by atoms with Crippen molar-refractivity contribution in [3.63, 3.8) is 0 Å². The zero-order chi connectivity index (χ0) is 20.6. The first-order chi connectivity index (χ1) is 13.1. The number of methoxy groups -OCH3 is 1. The number of halogens is 6. The lowest BCUT2D eigenvalue weighted by Gasteiger charge is -2.37. The molecule has 28 heavy (non-hydrogen) atoms.